The van der Waals surface area contributed by atoms with Gasteiger partial charge < -0.3 is 14.4 Å². The average Bonchev–Trinajstić information content (AvgIpc) is 2.96. The molecule has 2 aliphatic heterocycles. The third-order valence-electron chi connectivity index (χ3n) is 4.13. The van der Waals surface area contributed by atoms with Crippen LogP contribution < -0.4 is 0 Å². The number of likely N-dealkylation sites (tertiary alicyclic amines) is 1. The molecule has 0 aliphatic carbocycles. The van der Waals surface area contributed by atoms with Crippen molar-refractivity contribution in [3.8, 4) is 0 Å². The van der Waals surface area contributed by atoms with Crippen molar-refractivity contribution in [3.05, 3.63) is 34.9 Å². The second-order valence-corrected chi connectivity index (χ2v) is 6.49. The summed E-state index contributed by atoms with van der Waals surface area (Å²) in [7, 11) is 0. The van der Waals surface area contributed by atoms with E-state index in [0.29, 0.717) is 24.6 Å². The summed E-state index contributed by atoms with van der Waals surface area (Å²) in [5.41, 5.74) is 0.970. The van der Waals surface area contributed by atoms with Gasteiger partial charge in [0.1, 0.15) is 6.10 Å². The normalized spacial score (nSPS) is 28.3. The third kappa shape index (κ3) is 3.07. The standard InChI is InChI=1S/C16H20ClNO3/c1-16(2)20-10-14(21-16)13-7-8-15(19)18(13)9-11-5-3-4-6-12(11)17/h3-6,13-14H,7-10H2,1-2H3/t13-,14-/m0/s1. The van der Waals surface area contributed by atoms with Crippen molar-refractivity contribution >= 4 is 17.5 Å². The highest BCUT2D eigenvalue weighted by Crippen LogP contribution is 2.33. The molecule has 21 heavy (non-hydrogen) atoms. The zero-order valence-corrected chi connectivity index (χ0v) is 13.1. The van der Waals surface area contributed by atoms with Crippen molar-refractivity contribution in [3.63, 3.8) is 0 Å². The van der Waals surface area contributed by atoms with Gasteiger partial charge in [-0.1, -0.05) is 29.8 Å². The van der Waals surface area contributed by atoms with Crippen LogP contribution in [0.4, 0.5) is 0 Å². The van der Waals surface area contributed by atoms with Crippen LogP contribution in [0.1, 0.15) is 32.3 Å². The fourth-order valence-corrected chi connectivity index (χ4v) is 3.26. The van der Waals surface area contributed by atoms with E-state index in [1.54, 1.807) is 0 Å². The van der Waals surface area contributed by atoms with E-state index in [1.165, 1.54) is 0 Å². The van der Waals surface area contributed by atoms with Crippen molar-refractivity contribution in [2.24, 2.45) is 0 Å². The van der Waals surface area contributed by atoms with Gasteiger partial charge in [-0.05, 0) is 31.9 Å². The minimum Gasteiger partial charge on any atom is -0.348 e. The Bertz CT molecular complexity index is 546. The number of carbonyl (C=O) groups excluding carboxylic acids is 1. The topological polar surface area (TPSA) is 38.8 Å². The van der Waals surface area contributed by atoms with Crippen LogP contribution in [0.5, 0.6) is 0 Å². The van der Waals surface area contributed by atoms with E-state index in [-0.39, 0.29) is 18.1 Å². The number of benzene rings is 1. The summed E-state index contributed by atoms with van der Waals surface area (Å²) in [6, 6.07) is 7.71. The summed E-state index contributed by atoms with van der Waals surface area (Å²) < 4.78 is 11.6. The lowest BCUT2D eigenvalue weighted by atomic mass is 10.1. The average molecular weight is 310 g/mol. The van der Waals surface area contributed by atoms with Crippen LogP contribution in [0.2, 0.25) is 5.02 Å². The summed E-state index contributed by atoms with van der Waals surface area (Å²) in [6.07, 6.45) is 1.32. The molecule has 3 rings (SSSR count). The minimum atomic E-state index is -0.563. The number of nitrogens with zero attached hydrogens (tertiary/aromatic N) is 1. The second-order valence-electron chi connectivity index (χ2n) is 6.09. The number of ether oxygens (including phenoxy) is 2. The van der Waals surface area contributed by atoms with Gasteiger partial charge in [0.05, 0.1) is 12.6 Å². The lowest BCUT2D eigenvalue weighted by Gasteiger charge is -2.29. The molecule has 0 N–H and O–H groups in total. The molecule has 0 spiro atoms. The SMILES string of the molecule is CC1(C)OC[C@@H]([C@@H]2CCC(=O)N2Cc2ccccc2Cl)O1. The smallest absolute Gasteiger partial charge is 0.223 e. The van der Waals surface area contributed by atoms with Crippen LogP contribution >= 0.6 is 11.6 Å². The molecule has 0 radical (unpaired) electrons. The lowest BCUT2D eigenvalue weighted by Crippen LogP contribution is -2.42. The van der Waals surface area contributed by atoms with Gasteiger partial charge in [0, 0.05) is 18.0 Å². The molecule has 0 aromatic heterocycles. The molecule has 5 heteroatoms. The van der Waals surface area contributed by atoms with Crippen LogP contribution in [0.15, 0.2) is 24.3 Å². The van der Waals surface area contributed by atoms with Gasteiger partial charge in [-0.25, -0.2) is 0 Å². The summed E-state index contributed by atoms with van der Waals surface area (Å²) >= 11 is 6.21. The lowest BCUT2D eigenvalue weighted by molar-refractivity contribution is -0.149. The molecule has 114 valence electrons. The van der Waals surface area contributed by atoms with Gasteiger partial charge in [0.25, 0.3) is 0 Å². The van der Waals surface area contributed by atoms with Gasteiger partial charge in [0.2, 0.25) is 5.91 Å². The van der Waals surface area contributed by atoms with Crippen LogP contribution in [-0.2, 0) is 20.8 Å². The Balaban J connectivity index is 1.76. The molecule has 2 atom stereocenters. The molecule has 0 unspecified atom stereocenters. The van der Waals surface area contributed by atoms with E-state index in [0.717, 1.165) is 12.0 Å². The molecule has 2 aliphatic rings. The zero-order chi connectivity index (χ0) is 15.0. The maximum absolute atomic E-state index is 12.2. The monoisotopic (exact) mass is 309 g/mol. The Kier molecular flexibility index (Phi) is 3.95. The Morgan fingerprint density at radius 3 is 2.81 bits per heavy atom. The molecular weight excluding hydrogens is 290 g/mol. The van der Waals surface area contributed by atoms with Gasteiger partial charge in [-0.2, -0.15) is 0 Å². The van der Waals surface area contributed by atoms with Gasteiger partial charge in [-0.15, -0.1) is 0 Å². The van der Waals surface area contributed by atoms with Crippen LogP contribution in [-0.4, -0.2) is 35.3 Å². The maximum Gasteiger partial charge on any atom is 0.223 e. The molecule has 1 amide bonds. The molecule has 1 aromatic rings. The number of rotatable bonds is 3. The summed E-state index contributed by atoms with van der Waals surface area (Å²) in [5.74, 6) is -0.403. The first-order chi connectivity index (χ1) is 9.96. The van der Waals surface area contributed by atoms with E-state index >= 15 is 0 Å². The predicted octanol–water partition coefficient (Wildman–Crippen LogP) is 2.98. The number of halogens is 1. The van der Waals surface area contributed by atoms with Crippen LogP contribution in [0.3, 0.4) is 0 Å². The van der Waals surface area contributed by atoms with Crippen molar-refractivity contribution in [1.29, 1.82) is 0 Å². The van der Waals surface area contributed by atoms with Crippen LogP contribution in [0.25, 0.3) is 0 Å². The summed E-state index contributed by atoms with van der Waals surface area (Å²) in [5, 5.41) is 0.694. The highest BCUT2D eigenvalue weighted by atomic mass is 35.5. The second kappa shape index (κ2) is 5.59. The van der Waals surface area contributed by atoms with E-state index in [1.807, 2.05) is 43.0 Å². The Morgan fingerprint density at radius 2 is 2.14 bits per heavy atom. The van der Waals surface area contributed by atoms with Gasteiger partial charge in [0.15, 0.2) is 5.79 Å². The largest absolute Gasteiger partial charge is 0.348 e. The van der Waals surface area contributed by atoms with E-state index in [2.05, 4.69) is 0 Å². The first-order valence-corrected chi connectivity index (χ1v) is 7.69. The fourth-order valence-electron chi connectivity index (χ4n) is 3.06. The first-order valence-electron chi connectivity index (χ1n) is 7.31. The van der Waals surface area contributed by atoms with Crippen molar-refractivity contribution < 1.29 is 14.3 Å². The first kappa shape index (κ1) is 14.8. The molecule has 0 bridgehead atoms. The predicted molar refractivity (Wildman–Crippen MR) is 79.9 cm³/mol. The van der Waals surface area contributed by atoms with Gasteiger partial charge >= 0.3 is 0 Å². The third-order valence-corrected chi connectivity index (χ3v) is 4.50. The number of carbonyl (C=O) groups is 1. The quantitative estimate of drug-likeness (QED) is 0.861. The highest BCUT2D eigenvalue weighted by Gasteiger charge is 2.43. The van der Waals surface area contributed by atoms with Gasteiger partial charge in [-0.3, -0.25) is 4.79 Å². The zero-order valence-electron chi connectivity index (χ0n) is 12.3. The molecule has 2 saturated heterocycles. The fraction of sp³-hybridized carbons (Fsp3) is 0.562. The molecule has 0 saturated carbocycles. The molecule has 4 nitrogen and oxygen atoms in total. The number of hydrogen-bond acceptors (Lipinski definition) is 3. The van der Waals surface area contributed by atoms with E-state index in [4.69, 9.17) is 21.1 Å². The Hall–Kier alpha value is -1.10. The number of hydrogen-bond donors (Lipinski definition) is 0. The molecular formula is C16H20ClNO3. The van der Waals surface area contributed by atoms with Crippen molar-refractivity contribution in [1.82, 2.24) is 4.90 Å². The van der Waals surface area contributed by atoms with E-state index in [9.17, 15) is 4.79 Å². The maximum atomic E-state index is 12.2. The van der Waals surface area contributed by atoms with E-state index < -0.39 is 5.79 Å². The molecule has 1 aromatic carbocycles. The summed E-state index contributed by atoms with van der Waals surface area (Å²) in [4.78, 5) is 14.1. The molecule has 2 heterocycles. The number of amides is 1. The summed E-state index contributed by atoms with van der Waals surface area (Å²) in [6.45, 7) is 4.87. The minimum absolute atomic E-state index is 0.0612. The molecule has 2 fully saturated rings. The Labute approximate surface area is 130 Å². The van der Waals surface area contributed by atoms with Crippen molar-refractivity contribution in [2.75, 3.05) is 6.61 Å². The van der Waals surface area contributed by atoms with Crippen LogP contribution in [0, 0.1) is 0 Å². The van der Waals surface area contributed by atoms with Crippen molar-refractivity contribution in [2.45, 2.75) is 51.2 Å². The Morgan fingerprint density at radius 1 is 1.38 bits per heavy atom. The highest BCUT2D eigenvalue weighted by molar-refractivity contribution is 6.31.